The van der Waals surface area contributed by atoms with Crippen molar-refractivity contribution in [3.05, 3.63) is 24.0 Å². The Kier molecular flexibility index (Phi) is 4.56. The third kappa shape index (κ3) is 3.22. The Morgan fingerprint density at radius 1 is 1.33 bits per heavy atom. The van der Waals surface area contributed by atoms with Crippen molar-refractivity contribution >= 4 is 11.6 Å². The summed E-state index contributed by atoms with van der Waals surface area (Å²) in [6.07, 6.45) is 7.96. The fourth-order valence-corrected chi connectivity index (χ4v) is 2.20. The summed E-state index contributed by atoms with van der Waals surface area (Å²) in [5.41, 5.74) is 1.62. The molecule has 1 aliphatic heterocycles. The van der Waals surface area contributed by atoms with E-state index < -0.39 is 0 Å². The lowest BCUT2D eigenvalue weighted by atomic mass is 10.1. The Morgan fingerprint density at radius 2 is 2.11 bits per heavy atom. The summed E-state index contributed by atoms with van der Waals surface area (Å²) in [5, 5.41) is 3.26. The molecule has 4 nitrogen and oxygen atoms in total. The molecule has 1 amide bonds. The monoisotopic (exact) mass is 247 g/mol. The van der Waals surface area contributed by atoms with E-state index in [4.69, 9.17) is 0 Å². The third-order valence-electron chi connectivity index (χ3n) is 3.21. The number of hydrogen-bond acceptors (Lipinski definition) is 3. The first-order valence-electron chi connectivity index (χ1n) is 6.79. The van der Waals surface area contributed by atoms with Crippen LogP contribution < -0.4 is 5.32 Å². The van der Waals surface area contributed by atoms with Crippen molar-refractivity contribution in [1.29, 1.82) is 0 Å². The van der Waals surface area contributed by atoms with Crippen LogP contribution in [0.1, 0.15) is 43.0 Å². The van der Waals surface area contributed by atoms with Crippen LogP contribution in [0.2, 0.25) is 0 Å². The van der Waals surface area contributed by atoms with Crippen LogP contribution in [0.15, 0.2) is 18.5 Å². The molecule has 0 atom stereocenters. The molecule has 1 aliphatic rings. The summed E-state index contributed by atoms with van der Waals surface area (Å²) >= 11 is 0. The van der Waals surface area contributed by atoms with E-state index in [0.29, 0.717) is 5.56 Å². The Balaban J connectivity index is 2.04. The number of nitrogens with one attached hydrogen (secondary N) is 1. The van der Waals surface area contributed by atoms with E-state index in [1.165, 1.54) is 6.42 Å². The van der Waals surface area contributed by atoms with Crippen LogP contribution in [0.25, 0.3) is 0 Å². The molecule has 1 fully saturated rings. The molecule has 0 spiro atoms. The minimum Gasteiger partial charge on any atom is -0.384 e. The number of pyridine rings is 1. The van der Waals surface area contributed by atoms with Gasteiger partial charge in [0.05, 0.1) is 11.3 Å². The van der Waals surface area contributed by atoms with Crippen molar-refractivity contribution < 1.29 is 4.79 Å². The summed E-state index contributed by atoms with van der Waals surface area (Å²) in [5.74, 6) is 0.113. The molecule has 1 aromatic rings. The molecule has 1 saturated heterocycles. The van der Waals surface area contributed by atoms with Crippen LogP contribution >= 0.6 is 0 Å². The molecule has 1 N–H and O–H groups in total. The Labute approximate surface area is 108 Å². The normalized spacial score (nSPS) is 15.5. The maximum Gasteiger partial charge on any atom is 0.255 e. The van der Waals surface area contributed by atoms with Gasteiger partial charge >= 0.3 is 0 Å². The Hall–Kier alpha value is -1.58. The molecule has 0 unspecified atom stereocenters. The van der Waals surface area contributed by atoms with Crippen molar-refractivity contribution in [2.24, 2.45) is 0 Å². The SMILES string of the molecule is CCCNc1cncc(C(=O)N2CCCCC2)c1. The van der Waals surface area contributed by atoms with E-state index in [0.717, 1.165) is 44.6 Å². The third-order valence-corrected chi connectivity index (χ3v) is 3.21. The number of carbonyl (C=O) groups excluding carboxylic acids is 1. The molecule has 0 aliphatic carbocycles. The Morgan fingerprint density at radius 3 is 2.83 bits per heavy atom. The highest BCUT2D eigenvalue weighted by Gasteiger charge is 2.18. The van der Waals surface area contributed by atoms with E-state index >= 15 is 0 Å². The van der Waals surface area contributed by atoms with Gasteiger partial charge in [0.1, 0.15) is 0 Å². The second-order valence-electron chi connectivity index (χ2n) is 4.74. The average Bonchev–Trinajstić information content (AvgIpc) is 2.45. The first-order valence-corrected chi connectivity index (χ1v) is 6.79. The zero-order chi connectivity index (χ0) is 12.8. The van der Waals surface area contributed by atoms with Crippen molar-refractivity contribution in [3.63, 3.8) is 0 Å². The van der Waals surface area contributed by atoms with Crippen LogP contribution in [0.3, 0.4) is 0 Å². The van der Waals surface area contributed by atoms with Crippen LogP contribution in [0.4, 0.5) is 5.69 Å². The van der Waals surface area contributed by atoms with Gasteiger partial charge in [-0.15, -0.1) is 0 Å². The van der Waals surface area contributed by atoms with Crippen molar-refractivity contribution in [2.45, 2.75) is 32.6 Å². The van der Waals surface area contributed by atoms with Gasteiger partial charge in [0, 0.05) is 32.0 Å². The van der Waals surface area contributed by atoms with Gasteiger partial charge in [0.25, 0.3) is 5.91 Å². The molecule has 1 aromatic heterocycles. The number of anilines is 1. The lowest BCUT2D eigenvalue weighted by Crippen LogP contribution is -2.35. The maximum atomic E-state index is 12.3. The molecule has 0 radical (unpaired) electrons. The molecule has 0 saturated carbocycles. The largest absolute Gasteiger partial charge is 0.384 e. The molecule has 18 heavy (non-hydrogen) atoms. The van der Waals surface area contributed by atoms with Crippen molar-refractivity contribution in [2.75, 3.05) is 25.0 Å². The zero-order valence-corrected chi connectivity index (χ0v) is 11.0. The highest BCUT2D eigenvalue weighted by atomic mass is 16.2. The minimum absolute atomic E-state index is 0.113. The lowest BCUT2D eigenvalue weighted by molar-refractivity contribution is 0.0724. The fourth-order valence-electron chi connectivity index (χ4n) is 2.20. The second-order valence-corrected chi connectivity index (χ2v) is 4.74. The van der Waals surface area contributed by atoms with E-state index in [1.54, 1.807) is 12.4 Å². The number of rotatable bonds is 4. The summed E-state index contributed by atoms with van der Waals surface area (Å²) in [6, 6.07) is 1.90. The summed E-state index contributed by atoms with van der Waals surface area (Å²) in [7, 11) is 0. The standard InChI is InChI=1S/C14H21N3O/c1-2-6-16-13-9-12(10-15-11-13)14(18)17-7-4-3-5-8-17/h9-11,16H,2-8H2,1H3. The number of carbonyl (C=O) groups is 1. The van der Waals surface area contributed by atoms with Gasteiger partial charge in [-0.2, -0.15) is 0 Å². The number of amides is 1. The van der Waals surface area contributed by atoms with Gasteiger partial charge < -0.3 is 10.2 Å². The van der Waals surface area contributed by atoms with Gasteiger partial charge in [-0.3, -0.25) is 9.78 Å². The van der Waals surface area contributed by atoms with Crippen molar-refractivity contribution in [1.82, 2.24) is 9.88 Å². The highest BCUT2D eigenvalue weighted by molar-refractivity contribution is 5.94. The average molecular weight is 247 g/mol. The molecule has 2 heterocycles. The van der Waals surface area contributed by atoms with Gasteiger partial charge in [-0.05, 0) is 31.7 Å². The topological polar surface area (TPSA) is 45.2 Å². The summed E-state index contributed by atoms with van der Waals surface area (Å²) in [4.78, 5) is 18.4. The number of likely N-dealkylation sites (tertiary alicyclic amines) is 1. The quantitative estimate of drug-likeness (QED) is 0.889. The molecule has 0 bridgehead atoms. The van der Waals surface area contributed by atoms with E-state index in [9.17, 15) is 4.79 Å². The van der Waals surface area contributed by atoms with Gasteiger partial charge in [0.15, 0.2) is 0 Å². The van der Waals surface area contributed by atoms with Crippen LogP contribution in [-0.4, -0.2) is 35.4 Å². The number of aromatic nitrogens is 1. The van der Waals surface area contributed by atoms with Gasteiger partial charge in [0.2, 0.25) is 0 Å². The van der Waals surface area contributed by atoms with Gasteiger partial charge in [-0.1, -0.05) is 6.92 Å². The Bertz CT molecular complexity index is 400. The molecule has 0 aromatic carbocycles. The molecule has 2 rings (SSSR count). The van der Waals surface area contributed by atoms with Crippen LogP contribution in [0.5, 0.6) is 0 Å². The molecular weight excluding hydrogens is 226 g/mol. The predicted molar refractivity (Wildman–Crippen MR) is 72.8 cm³/mol. The van der Waals surface area contributed by atoms with Crippen molar-refractivity contribution in [3.8, 4) is 0 Å². The summed E-state index contributed by atoms with van der Waals surface area (Å²) in [6.45, 7) is 4.78. The first kappa shape index (κ1) is 12.9. The number of nitrogens with zero attached hydrogens (tertiary/aromatic N) is 2. The number of hydrogen-bond donors (Lipinski definition) is 1. The maximum absolute atomic E-state index is 12.3. The van der Waals surface area contributed by atoms with E-state index in [-0.39, 0.29) is 5.91 Å². The number of piperidine rings is 1. The summed E-state index contributed by atoms with van der Waals surface area (Å²) < 4.78 is 0. The van der Waals surface area contributed by atoms with Crippen LogP contribution in [0, 0.1) is 0 Å². The van der Waals surface area contributed by atoms with Gasteiger partial charge in [-0.25, -0.2) is 0 Å². The molecule has 98 valence electrons. The van der Waals surface area contributed by atoms with E-state index in [1.807, 2.05) is 11.0 Å². The zero-order valence-electron chi connectivity index (χ0n) is 11.0. The van der Waals surface area contributed by atoms with E-state index in [2.05, 4.69) is 17.2 Å². The minimum atomic E-state index is 0.113. The first-order chi connectivity index (χ1) is 8.81. The smallest absolute Gasteiger partial charge is 0.255 e. The van der Waals surface area contributed by atoms with Crippen LogP contribution in [-0.2, 0) is 0 Å². The highest BCUT2D eigenvalue weighted by Crippen LogP contribution is 2.15. The molecule has 4 heteroatoms. The predicted octanol–water partition coefficient (Wildman–Crippen LogP) is 2.53. The lowest BCUT2D eigenvalue weighted by Gasteiger charge is -2.26. The second kappa shape index (κ2) is 6.38. The molecular formula is C14H21N3O. The fraction of sp³-hybridized carbons (Fsp3) is 0.571.